The number of amidine groups is 1. The molecule has 4 aliphatic heterocycles. The molecule has 0 bridgehead atoms. The molecule has 0 aliphatic carbocycles. The Balaban J connectivity index is 1.12. The van der Waals surface area contributed by atoms with E-state index in [1.54, 1.807) is 24.0 Å². The molecular weight excluding hydrogens is 610 g/mol. The van der Waals surface area contributed by atoms with E-state index in [2.05, 4.69) is 19.8 Å². The number of rotatable bonds is 5. The number of carbonyl (C=O) groups excluding carboxylic acids is 2. The fourth-order valence-corrected chi connectivity index (χ4v) is 7.35. The molecule has 0 aromatic heterocycles. The lowest BCUT2D eigenvalue weighted by molar-refractivity contribution is -0.286. The van der Waals surface area contributed by atoms with Crippen molar-refractivity contribution in [2.45, 2.75) is 63.9 Å². The average Bonchev–Trinajstić information content (AvgIpc) is 3.45. The molecule has 0 unspecified atom stereocenters. The Kier molecular flexibility index (Phi) is 7.52. The standard InChI is InChI=1S/C31H34F2N4O7S/c1-19-16-22(27(38)36-11-7-29(3,40)8-12-36)17-20(2)23(19)6-15-45(41,42)37-13-9-30(10-14-37)28(39)34-26(35-30)21-4-5-24-25(18-21)44-31(32,33)43-24/h4-6,15-18,40H,7-14H2,1-3H3,(H,34,35,39)/b15-6+. The molecule has 2 amide bonds. The molecule has 2 N–H and O–H groups in total. The summed E-state index contributed by atoms with van der Waals surface area (Å²) in [6, 6.07) is 7.60. The van der Waals surface area contributed by atoms with Gasteiger partial charge in [-0.2, -0.15) is 4.31 Å². The first-order chi connectivity index (χ1) is 21.1. The van der Waals surface area contributed by atoms with Crippen molar-refractivity contribution >= 4 is 33.7 Å². The lowest BCUT2D eigenvalue weighted by Crippen LogP contribution is -2.50. The van der Waals surface area contributed by atoms with Crippen molar-refractivity contribution in [3.8, 4) is 11.5 Å². The fourth-order valence-electron chi connectivity index (χ4n) is 6.17. The first-order valence-corrected chi connectivity index (χ1v) is 16.2. The quantitative estimate of drug-likeness (QED) is 0.510. The van der Waals surface area contributed by atoms with Crippen molar-refractivity contribution in [2.75, 3.05) is 26.2 Å². The molecule has 0 atom stereocenters. The Bertz CT molecular complexity index is 1710. The third-order valence-corrected chi connectivity index (χ3v) is 10.5. The molecule has 45 heavy (non-hydrogen) atoms. The maximum Gasteiger partial charge on any atom is 0.586 e. The molecule has 2 aromatic carbocycles. The zero-order valence-corrected chi connectivity index (χ0v) is 25.9. The Hall–Kier alpha value is -3.88. The molecule has 6 rings (SSSR count). The zero-order chi connectivity index (χ0) is 32.4. The highest BCUT2D eigenvalue weighted by atomic mass is 32.2. The van der Waals surface area contributed by atoms with Gasteiger partial charge in [0.25, 0.3) is 11.8 Å². The van der Waals surface area contributed by atoms with Crippen LogP contribution in [-0.2, 0) is 14.8 Å². The van der Waals surface area contributed by atoms with E-state index >= 15 is 0 Å². The van der Waals surface area contributed by atoms with Crippen LogP contribution in [0.4, 0.5) is 8.78 Å². The number of amides is 2. The number of nitrogens with one attached hydrogen (secondary N) is 1. The summed E-state index contributed by atoms with van der Waals surface area (Å²) in [4.78, 5) is 32.4. The summed E-state index contributed by atoms with van der Waals surface area (Å²) < 4.78 is 63.6. The number of likely N-dealkylation sites (tertiary alicyclic amines) is 1. The van der Waals surface area contributed by atoms with Crippen LogP contribution in [0.25, 0.3) is 6.08 Å². The molecule has 11 nitrogen and oxygen atoms in total. The van der Waals surface area contributed by atoms with Gasteiger partial charge in [0.1, 0.15) is 11.4 Å². The summed E-state index contributed by atoms with van der Waals surface area (Å²) in [7, 11) is -3.84. The van der Waals surface area contributed by atoms with E-state index in [1.165, 1.54) is 28.6 Å². The number of nitrogens with zero attached hydrogens (tertiary/aromatic N) is 3. The van der Waals surface area contributed by atoms with Gasteiger partial charge in [-0.1, -0.05) is 0 Å². The van der Waals surface area contributed by atoms with Gasteiger partial charge >= 0.3 is 6.29 Å². The molecule has 4 aliphatic rings. The lowest BCUT2D eigenvalue weighted by Gasteiger charge is -2.36. The Labute approximate surface area is 259 Å². The summed E-state index contributed by atoms with van der Waals surface area (Å²) >= 11 is 0. The molecule has 4 heterocycles. The second-order valence-corrected chi connectivity index (χ2v) is 14.2. The van der Waals surface area contributed by atoms with Crippen molar-refractivity contribution in [2.24, 2.45) is 4.99 Å². The second kappa shape index (κ2) is 10.9. The van der Waals surface area contributed by atoms with Gasteiger partial charge in [0, 0.05) is 42.7 Å². The number of hydrogen-bond donors (Lipinski definition) is 2. The van der Waals surface area contributed by atoms with Crippen LogP contribution in [0.15, 0.2) is 40.7 Å². The van der Waals surface area contributed by atoms with E-state index in [4.69, 9.17) is 0 Å². The molecule has 240 valence electrons. The highest BCUT2D eigenvalue weighted by molar-refractivity contribution is 7.92. The molecule has 0 saturated carbocycles. The normalized spacial score (nSPS) is 22.1. The van der Waals surface area contributed by atoms with Crippen LogP contribution in [-0.4, -0.2) is 84.0 Å². The van der Waals surface area contributed by atoms with E-state index in [0.717, 1.165) is 16.5 Å². The molecule has 2 saturated heterocycles. The summed E-state index contributed by atoms with van der Waals surface area (Å²) in [6.45, 7) is 6.46. The fraction of sp³-hybridized carbons (Fsp3) is 0.452. The van der Waals surface area contributed by atoms with Gasteiger partial charge in [0.05, 0.1) is 5.60 Å². The van der Waals surface area contributed by atoms with Gasteiger partial charge < -0.3 is 24.8 Å². The summed E-state index contributed by atoms with van der Waals surface area (Å²) in [5, 5.41) is 14.0. The maximum atomic E-state index is 13.4. The SMILES string of the molecule is Cc1cc(C(=O)N2CCC(C)(O)CC2)cc(C)c1/C=C/S(=O)(=O)N1CCC2(CC1)N=C(c1ccc3c(c1)OC(F)(F)O3)NC2=O. The predicted octanol–water partition coefficient (Wildman–Crippen LogP) is 3.32. The van der Waals surface area contributed by atoms with Crippen LogP contribution in [0.5, 0.6) is 11.5 Å². The van der Waals surface area contributed by atoms with Crippen molar-refractivity contribution in [1.82, 2.24) is 14.5 Å². The lowest BCUT2D eigenvalue weighted by atomic mass is 9.89. The van der Waals surface area contributed by atoms with Gasteiger partial charge in [0.15, 0.2) is 11.5 Å². The third kappa shape index (κ3) is 6.06. The minimum Gasteiger partial charge on any atom is -0.395 e. The van der Waals surface area contributed by atoms with Crippen LogP contribution in [0, 0.1) is 13.8 Å². The first-order valence-electron chi connectivity index (χ1n) is 14.7. The summed E-state index contributed by atoms with van der Waals surface area (Å²) in [5.74, 6) is -0.615. The Morgan fingerprint density at radius 2 is 1.62 bits per heavy atom. The van der Waals surface area contributed by atoms with E-state index < -0.39 is 27.5 Å². The molecule has 14 heteroatoms. The molecular formula is C31H34F2N4O7S. The number of aliphatic hydroxyl groups is 1. The summed E-state index contributed by atoms with van der Waals surface area (Å²) in [6.07, 6.45) is -0.951. The van der Waals surface area contributed by atoms with Gasteiger partial charge in [-0.3, -0.25) is 14.6 Å². The van der Waals surface area contributed by atoms with Crippen LogP contribution in [0.2, 0.25) is 0 Å². The van der Waals surface area contributed by atoms with Crippen LogP contribution in [0.1, 0.15) is 65.2 Å². The van der Waals surface area contributed by atoms with Crippen LogP contribution in [0.3, 0.4) is 0 Å². The Morgan fingerprint density at radius 3 is 2.27 bits per heavy atom. The molecule has 1 spiro atoms. The largest absolute Gasteiger partial charge is 0.586 e. The van der Waals surface area contributed by atoms with Gasteiger partial charge in [-0.25, -0.2) is 8.42 Å². The van der Waals surface area contributed by atoms with E-state index in [1.807, 2.05) is 13.8 Å². The average molecular weight is 645 g/mol. The van der Waals surface area contributed by atoms with Crippen LogP contribution < -0.4 is 14.8 Å². The third-order valence-electron chi connectivity index (χ3n) is 8.94. The van der Waals surface area contributed by atoms with E-state index in [-0.39, 0.29) is 55.1 Å². The number of aliphatic imine (C=N–C) groups is 1. The Morgan fingerprint density at radius 1 is 1.00 bits per heavy atom. The number of benzene rings is 2. The number of carbonyl (C=O) groups is 2. The van der Waals surface area contributed by atoms with Crippen molar-refractivity contribution in [3.63, 3.8) is 0 Å². The number of ether oxygens (including phenoxy) is 2. The molecule has 2 fully saturated rings. The van der Waals surface area contributed by atoms with Gasteiger partial charge in [-0.05, 0) is 99.6 Å². The zero-order valence-electron chi connectivity index (χ0n) is 25.1. The number of fused-ring (bicyclic) bond motifs is 1. The second-order valence-electron chi connectivity index (χ2n) is 12.3. The van der Waals surface area contributed by atoms with Crippen LogP contribution >= 0.6 is 0 Å². The topological polar surface area (TPSA) is 138 Å². The van der Waals surface area contributed by atoms with Crippen molar-refractivity contribution < 1.29 is 41.4 Å². The minimum atomic E-state index is -3.84. The summed E-state index contributed by atoms with van der Waals surface area (Å²) in [5.41, 5.74) is 1.13. The number of halogens is 2. The van der Waals surface area contributed by atoms with E-state index in [9.17, 15) is 31.9 Å². The first kappa shape index (κ1) is 31.1. The van der Waals surface area contributed by atoms with Crippen molar-refractivity contribution in [1.29, 1.82) is 0 Å². The maximum absolute atomic E-state index is 13.4. The monoisotopic (exact) mass is 644 g/mol. The van der Waals surface area contributed by atoms with Gasteiger partial charge in [0.2, 0.25) is 10.0 Å². The highest BCUT2D eigenvalue weighted by Gasteiger charge is 2.48. The smallest absolute Gasteiger partial charge is 0.395 e. The molecule has 2 aromatic rings. The number of hydrogen-bond acceptors (Lipinski definition) is 8. The highest BCUT2D eigenvalue weighted by Crippen LogP contribution is 2.42. The number of alkyl halides is 2. The minimum absolute atomic E-state index is 0.0539. The van der Waals surface area contributed by atoms with Crippen molar-refractivity contribution in [3.05, 3.63) is 63.6 Å². The predicted molar refractivity (Wildman–Crippen MR) is 160 cm³/mol. The number of sulfonamides is 1. The number of piperidine rings is 2. The molecule has 0 radical (unpaired) electrons. The van der Waals surface area contributed by atoms with E-state index in [0.29, 0.717) is 42.6 Å². The number of aryl methyl sites for hydroxylation is 2. The van der Waals surface area contributed by atoms with Gasteiger partial charge in [-0.15, -0.1) is 8.78 Å².